The van der Waals surface area contributed by atoms with E-state index in [2.05, 4.69) is 0 Å². The van der Waals surface area contributed by atoms with Gasteiger partial charge >= 0.3 is 0 Å². The molecule has 6 heteroatoms. The van der Waals surface area contributed by atoms with Crippen molar-refractivity contribution in [2.45, 2.75) is 75.0 Å². The van der Waals surface area contributed by atoms with Crippen LogP contribution in [0, 0.1) is 12.3 Å². The van der Waals surface area contributed by atoms with Crippen LogP contribution in [0.1, 0.15) is 57.9 Å². The Balaban J connectivity index is 2.20. The molecule has 1 N–H and O–H groups in total. The first kappa shape index (κ1) is 23.8. The first-order valence-electron chi connectivity index (χ1n) is 10.4. The van der Waals surface area contributed by atoms with Crippen molar-refractivity contribution in [2.24, 2.45) is 0 Å². The molecule has 2 unspecified atom stereocenters. The molecule has 0 bridgehead atoms. The van der Waals surface area contributed by atoms with E-state index in [-0.39, 0.29) is 6.10 Å². The van der Waals surface area contributed by atoms with Gasteiger partial charge in [-0.05, 0) is 82.2 Å². The van der Waals surface area contributed by atoms with Gasteiger partial charge in [-0.3, -0.25) is 0 Å². The topological polar surface area (TPSA) is 76.5 Å². The molecule has 1 aromatic carbocycles. The number of rotatable bonds is 10. The first-order chi connectivity index (χ1) is 13.7. The van der Waals surface area contributed by atoms with Crippen molar-refractivity contribution >= 4 is 15.5 Å². The SMILES string of the molecule is COCCCCC/C(=C\C(C)=N)C1CC(C)(S(=O)(=O)c2cccc(C)c2)CCO1. The van der Waals surface area contributed by atoms with Crippen LogP contribution in [0.3, 0.4) is 0 Å². The van der Waals surface area contributed by atoms with Crippen LogP contribution in [0.25, 0.3) is 0 Å². The molecule has 0 radical (unpaired) electrons. The summed E-state index contributed by atoms with van der Waals surface area (Å²) in [5.74, 6) is 0. The second kappa shape index (κ2) is 10.5. The molecule has 1 saturated heterocycles. The van der Waals surface area contributed by atoms with Crippen LogP contribution >= 0.6 is 0 Å². The van der Waals surface area contributed by atoms with Crippen molar-refractivity contribution in [1.29, 1.82) is 5.41 Å². The maximum Gasteiger partial charge on any atom is 0.184 e. The Labute approximate surface area is 175 Å². The van der Waals surface area contributed by atoms with Crippen LogP contribution in [0.15, 0.2) is 40.8 Å². The number of aryl methyl sites for hydroxylation is 1. The van der Waals surface area contributed by atoms with Crippen LogP contribution in [-0.4, -0.2) is 45.3 Å². The molecule has 0 aromatic heterocycles. The smallest absolute Gasteiger partial charge is 0.184 e. The predicted molar refractivity (Wildman–Crippen MR) is 118 cm³/mol. The average molecular weight is 422 g/mol. The molecule has 0 saturated carbocycles. The van der Waals surface area contributed by atoms with Gasteiger partial charge in [-0.15, -0.1) is 0 Å². The largest absolute Gasteiger partial charge is 0.385 e. The minimum Gasteiger partial charge on any atom is -0.385 e. The van der Waals surface area contributed by atoms with E-state index in [1.807, 2.05) is 26.0 Å². The van der Waals surface area contributed by atoms with E-state index < -0.39 is 14.6 Å². The molecule has 1 heterocycles. The van der Waals surface area contributed by atoms with Gasteiger partial charge in [0.2, 0.25) is 0 Å². The van der Waals surface area contributed by atoms with Gasteiger partial charge in [-0.2, -0.15) is 0 Å². The molecule has 1 fully saturated rings. The van der Waals surface area contributed by atoms with Crippen molar-refractivity contribution in [2.75, 3.05) is 20.3 Å². The molecule has 1 aliphatic heterocycles. The maximum atomic E-state index is 13.5. The van der Waals surface area contributed by atoms with Gasteiger partial charge in [0.05, 0.1) is 15.7 Å². The number of hydrogen-bond donors (Lipinski definition) is 1. The predicted octanol–water partition coefficient (Wildman–Crippen LogP) is 4.88. The lowest BCUT2D eigenvalue weighted by Crippen LogP contribution is -2.45. The number of hydrogen-bond acceptors (Lipinski definition) is 5. The Morgan fingerprint density at radius 1 is 1.34 bits per heavy atom. The summed E-state index contributed by atoms with van der Waals surface area (Å²) in [5, 5.41) is 7.90. The van der Waals surface area contributed by atoms with Gasteiger partial charge in [0, 0.05) is 26.0 Å². The number of benzene rings is 1. The number of unbranched alkanes of at least 4 members (excludes halogenated alkanes) is 2. The lowest BCUT2D eigenvalue weighted by molar-refractivity contribution is 0.0219. The van der Waals surface area contributed by atoms with Crippen LogP contribution in [0.2, 0.25) is 0 Å². The van der Waals surface area contributed by atoms with E-state index in [0.717, 1.165) is 43.4 Å². The Kier molecular flexibility index (Phi) is 8.61. The molecular weight excluding hydrogens is 386 g/mol. The minimum absolute atomic E-state index is 0.268. The van der Waals surface area contributed by atoms with Crippen LogP contribution in [0.5, 0.6) is 0 Å². The van der Waals surface area contributed by atoms with Gasteiger partial charge in [-0.1, -0.05) is 18.6 Å². The number of allylic oxidation sites excluding steroid dienone is 1. The third-order valence-electron chi connectivity index (χ3n) is 5.65. The molecule has 1 aliphatic rings. The second-order valence-corrected chi connectivity index (χ2v) is 10.8. The molecule has 5 nitrogen and oxygen atoms in total. The normalized spacial score (nSPS) is 23.2. The fourth-order valence-electron chi connectivity index (χ4n) is 3.88. The fourth-order valence-corrected chi connectivity index (χ4v) is 5.77. The maximum absolute atomic E-state index is 13.5. The van der Waals surface area contributed by atoms with E-state index in [1.165, 1.54) is 0 Å². The Morgan fingerprint density at radius 3 is 2.76 bits per heavy atom. The second-order valence-electron chi connectivity index (χ2n) is 8.29. The van der Waals surface area contributed by atoms with Crippen molar-refractivity contribution in [3.63, 3.8) is 0 Å². The highest BCUT2D eigenvalue weighted by molar-refractivity contribution is 7.92. The number of methoxy groups -OCH3 is 1. The summed E-state index contributed by atoms with van der Waals surface area (Å²) >= 11 is 0. The molecule has 0 amide bonds. The fraction of sp³-hybridized carbons (Fsp3) is 0.609. The number of nitrogens with one attached hydrogen (secondary N) is 1. The number of sulfone groups is 1. The third kappa shape index (κ3) is 6.24. The molecule has 0 aliphatic carbocycles. The Morgan fingerprint density at radius 2 is 2.10 bits per heavy atom. The molecule has 0 spiro atoms. The highest BCUT2D eigenvalue weighted by Crippen LogP contribution is 2.39. The van der Waals surface area contributed by atoms with Crippen molar-refractivity contribution in [3.05, 3.63) is 41.5 Å². The van der Waals surface area contributed by atoms with E-state index >= 15 is 0 Å². The van der Waals surface area contributed by atoms with Gasteiger partial charge in [0.1, 0.15) is 0 Å². The Bertz CT molecular complexity index is 831. The van der Waals surface area contributed by atoms with Crippen LogP contribution in [0.4, 0.5) is 0 Å². The van der Waals surface area contributed by atoms with E-state index in [0.29, 0.717) is 30.1 Å². The van der Waals surface area contributed by atoms with Crippen LogP contribution < -0.4 is 0 Å². The minimum atomic E-state index is -3.49. The zero-order chi connectivity index (χ0) is 21.5. The molecular formula is C23H35NO4S. The van der Waals surface area contributed by atoms with Crippen molar-refractivity contribution in [1.82, 2.24) is 0 Å². The first-order valence-corrected chi connectivity index (χ1v) is 11.9. The van der Waals surface area contributed by atoms with E-state index in [4.69, 9.17) is 14.9 Å². The monoisotopic (exact) mass is 421 g/mol. The van der Waals surface area contributed by atoms with Gasteiger partial charge in [0.15, 0.2) is 9.84 Å². The molecule has 1 aromatic rings. The average Bonchev–Trinajstić information content (AvgIpc) is 2.66. The molecule has 2 rings (SSSR count). The number of ether oxygens (including phenoxy) is 2. The highest BCUT2D eigenvalue weighted by atomic mass is 32.2. The summed E-state index contributed by atoms with van der Waals surface area (Å²) in [6, 6.07) is 7.14. The molecule has 2 atom stereocenters. The quantitative estimate of drug-likeness (QED) is 0.431. The van der Waals surface area contributed by atoms with Gasteiger partial charge in [-0.25, -0.2) is 8.42 Å². The summed E-state index contributed by atoms with van der Waals surface area (Å²) in [6.07, 6.45) is 6.30. The zero-order valence-electron chi connectivity index (χ0n) is 18.2. The standard InChI is InChI=1S/C23H35NO4S/c1-18-9-8-11-21(15-18)29(25,26)23(3)12-14-28-22(17-23)20(16-19(2)24)10-6-5-7-13-27-4/h8-9,11,15-16,22,24H,5-7,10,12-14,17H2,1-4H3/b20-16+,24-19?. The van der Waals surface area contributed by atoms with Crippen molar-refractivity contribution in [3.8, 4) is 0 Å². The van der Waals surface area contributed by atoms with Crippen LogP contribution in [-0.2, 0) is 19.3 Å². The summed E-state index contributed by atoms with van der Waals surface area (Å²) in [6.45, 7) is 6.65. The third-order valence-corrected chi connectivity index (χ3v) is 8.19. The lowest BCUT2D eigenvalue weighted by atomic mass is 9.89. The Hall–Kier alpha value is -1.50. The summed E-state index contributed by atoms with van der Waals surface area (Å²) < 4.78 is 37.1. The highest BCUT2D eigenvalue weighted by Gasteiger charge is 2.45. The van der Waals surface area contributed by atoms with Crippen molar-refractivity contribution < 1.29 is 17.9 Å². The summed E-state index contributed by atoms with van der Waals surface area (Å²) in [7, 11) is -1.79. The molecule has 29 heavy (non-hydrogen) atoms. The van der Waals surface area contributed by atoms with Gasteiger partial charge in [0.25, 0.3) is 0 Å². The van der Waals surface area contributed by atoms with E-state index in [1.54, 1.807) is 32.2 Å². The molecule has 162 valence electrons. The lowest BCUT2D eigenvalue weighted by Gasteiger charge is -2.38. The summed E-state index contributed by atoms with van der Waals surface area (Å²) in [5.41, 5.74) is 2.43. The zero-order valence-corrected chi connectivity index (χ0v) is 19.0. The van der Waals surface area contributed by atoms with E-state index in [9.17, 15) is 8.42 Å². The van der Waals surface area contributed by atoms with Gasteiger partial charge < -0.3 is 14.9 Å². The summed E-state index contributed by atoms with van der Waals surface area (Å²) in [4.78, 5) is 0.383.